The summed E-state index contributed by atoms with van der Waals surface area (Å²) in [4.78, 5) is 11.5. The highest BCUT2D eigenvalue weighted by Gasteiger charge is 2.12. The number of hydrogen-bond donors (Lipinski definition) is 1. The third-order valence-electron chi connectivity index (χ3n) is 3.38. The third kappa shape index (κ3) is 7.54. The van der Waals surface area contributed by atoms with Crippen LogP contribution in [-0.4, -0.2) is 55.1 Å². The van der Waals surface area contributed by atoms with Crippen molar-refractivity contribution < 1.29 is 4.74 Å². The molecule has 7 heteroatoms. The second-order valence-electron chi connectivity index (χ2n) is 5.35. The van der Waals surface area contributed by atoms with Gasteiger partial charge in [0.15, 0.2) is 5.96 Å². The summed E-state index contributed by atoms with van der Waals surface area (Å²) in [6.45, 7) is 6.61. The van der Waals surface area contributed by atoms with E-state index in [1.54, 1.807) is 18.4 Å². The second-order valence-corrected chi connectivity index (χ2v) is 7.22. The van der Waals surface area contributed by atoms with Crippen LogP contribution in [0.1, 0.15) is 43.5 Å². The lowest BCUT2D eigenvalue weighted by atomic mass is 10.3. The molecule has 132 valence electrons. The Hall–Kier alpha value is -0.790. The molecule has 1 atom stereocenters. The molecule has 0 fully saturated rings. The number of unbranched alkanes of at least 4 members (excludes halogenated alkanes) is 1. The van der Waals surface area contributed by atoms with Gasteiger partial charge in [0.2, 0.25) is 0 Å². The first-order chi connectivity index (χ1) is 11.1. The summed E-state index contributed by atoms with van der Waals surface area (Å²) >= 11 is 3.54. The van der Waals surface area contributed by atoms with Gasteiger partial charge in [-0.15, -0.1) is 11.3 Å². The van der Waals surface area contributed by atoms with E-state index < -0.39 is 0 Å². The topological polar surface area (TPSA) is 49.8 Å². The summed E-state index contributed by atoms with van der Waals surface area (Å²) in [6.07, 6.45) is 4.55. The molecule has 1 heterocycles. The molecule has 1 aromatic rings. The van der Waals surface area contributed by atoms with Crippen molar-refractivity contribution in [2.75, 3.05) is 39.3 Å². The number of aliphatic imine (C=N–C) groups is 1. The van der Waals surface area contributed by atoms with E-state index in [0.717, 1.165) is 42.7 Å². The summed E-state index contributed by atoms with van der Waals surface area (Å²) in [6, 6.07) is 0. The number of guanidine groups is 1. The zero-order valence-electron chi connectivity index (χ0n) is 15.0. The maximum absolute atomic E-state index is 5.32. The summed E-state index contributed by atoms with van der Waals surface area (Å²) in [5.41, 5.74) is 1.06. The molecule has 1 N–H and O–H groups in total. The fourth-order valence-corrected chi connectivity index (χ4v) is 3.35. The summed E-state index contributed by atoms with van der Waals surface area (Å²) < 4.78 is 5.32. The SMILES string of the molecule is CCNC(=NCCCCSC)N(C)Cc1csc(C(C)OC)n1. The molecule has 0 saturated carbocycles. The minimum atomic E-state index is 0.0531. The third-order valence-corrected chi connectivity index (χ3v) is 5.14. The first kappa shape index (κ1) is 20.3. The van der Waals surface area contributed by atoms with Gasteiger partial charge in [-0.25, -0.2) is 4.98 Å². The maximum atomic E-state index is 5.32. The van der Waals surface area contributed by atoms with E-state index in [1.165, 1.54) is 12.2 Å². The average Bonchev–Trinajstić information content (AvgIpc) is 3.01. The van der Waals surface area contributed by atoms with Crippen LogP contribution in [0.3, 0.4) is 0 Å². The van der Waals surface area contributed by atoms with Crippen molar-refractivity contribution in [1.82, 2.24) is 15.2 Å². The minimum absolute atomic E-state index is 0.0531. The van der Waals surface area contributed by atoms with Gasteiger partial charge in [0, 0.05) is 32.6 Å². The summed E-state index contributed by atoms with van der Waals surface area (Å²) in [7, 11) is 3.77. The molecule has 5 nitrogen and oxygen atoms in total. The number of thioether (sulfide) groups is 1. The van der Waals surface area contributed by atoms with E-state index in [4.69, 9.17) is 9.73 Å². The largest absolute Gasteiger partial charge is 0.375 e. The zero-order chi connectivity index (χ0) is 17.1. The molecule has 1 rings (SSSR count). The maximum Gasteiger partial charge on any atom is 0.194 e. The molecule has 1 unspecified atom stereocenters. The fourth-order valence-electron chi connectivity index (χ4n) is 2.01. The van der Waals surface area contributed by atoms with Gasteiger partial charge in [0.25, 0.3) is 0 Å². The first-order valence-electron chi connectivity index (χ1n) is 8.07. The van der Waals surface area contributed by atoms with E-state index in [9.17, 15) is 0 Å². The van der Waals surface area contributed by atoms with Gasteiger partial charge in [-0.05, 0) is 38.7 Å². The molecule has 23 heavy (non-hydrogen) atoms. The Balaban J connectivity index is 2.57. The van der Waals surface area contributed by atoms with Gasteiger partial charge in [0.05, 0.1) is 12.2 Å². The van der Waals surface area contributed by atoms with Gasteiger partial charge in [-0.1, -0.05) is 0 Å². The zero-order valence-corrected chi connectivity index (χ0v) is 16.6. The first-order valence-corrected chi connectivity index (χ1v) is 10.3. The number of rotatable bonds is 10. The molecule has 0 amide bonds. The van der Waals surface area contributed by atoms with Crippen LogP contribution in [0.5, 0.6) is 0 Å². The van der Waals surface area contributed by atoms with Crippen LogP contribution in [0.25, 0.3) is 0 Å². The molecular formula is C16H30N4OS2. The van der Waals surface area contributed by atoms with Crippen LogP contribution < -0.4 is 5.32 Å². The number of nitrogens with one attached hydrogen (secondary N) is 1. The van der Waals surface area contributed by atoms with E-state index >= 15 is 0 Å². The Labute approximate surface area is 148 Å². The number of ether oxygens (including phenoxy) is 1. The molecule has 0 bridgehead atoms. The van der Waals surface area contributed by atoms with Gasteiger partial charge >= 0.3 is 0 Å². The van der Waals surface area contributed by atoms with Crippen LogP contribution in [-0.2, 0) is 11.3 Å². The highest BCUT2D eigenvalue weighted by molar-refractivity contribution is 7.98. The van der Waals surface area contributed by atoms with E-state index in [1.807, 2.05) is 18.7 Å². The number of hydrogen-bond acceptors (Lipinski definition) is 5. The van der Waals surface area contributed by atoms with Crippen molar-refractivity contribution >= 4 is 29.1 Å². The van der Waals surface area contributed by atoms with Gasteiger partial charge in [0.1, 0.15) is 11.1 Å². The Morgan fingerprint density at radius 1 is 1.52 bits per heavy atom. The molecular weight excluding hydrogens is 328 g/mol. The molecule has 0 spiro atoms. The Bertz CT molecular complexity index is 465. The predicted octanol–water partition coefficient (Wildman–Crippen LogP) is 3.39. The molecule has 0 aliphatic rings. The van der Waals surface area contributed by atoms with E-state index in [2.05, 4.69) is 40.8 Å². The number of nitrogens with zero attached hydrogens (tertiary/aromatic N) is 3. The van der Waals surface area contributed by atoms with Crippen molar-refractivity contribution in [2.24, 2.45) is 4.99 Å². The molecule has 0 saturated heterocycles. The molecule has 0 radical (unpaired) electrons. The molecule has 0 aliphatic carbocycles. The standard InChI is InChI=1S/C16H30N4OS2/c1-6-17-16(18-9-7-8-10-22-5)20(3)11-14-12-23-15(19-14)13(2)21-4/h12-13H,6-11H2,1-5H3,(H,17,18). The lowest BCUT2D eigenvalue weighted by Crippen LogP contribution is -2.38. The van der Waals surface area contributed by atoms with E-state index in [0.29, 0.717) is 0 Å². The van der Waals surface area contributed by atoms with Crippen LogP contribution >= 0.6 is 23.1 Å². The number of aromatic nitrogens is 1. The van der Waals surface area contributed by atoms with Crippen molar-refractivity contribution in [3.05, 3.63) is 16.1 Å². The van der Waals surface area contributed by atoms with Gasteiger partial charge in [-0.2, -0.15) is 11.8 Å². The number of thiazole rings is 1. The lowest BCUT2D eigenvalue weighted by Gasteiger charge is -2.21. The lowest BCUT2D eigenvalue weighted by molar-refractivity contribution is 0.119. The van der Waals surface area contributed by atoms with Crippen LogP contribution in [0, 0.1) is 0 Å². The van der Waals surface area contributed by atoms with Crippen LogP contribution in [0.4, 0.5) is 0 Å². The highest BCUT2D eigenvalue weighted by Crippen LogP contribution is 2.20. The minimum Gasteiger partial charge on any atom is -0.375 e. The molecule has 1 aromatic heterocycles. The van der Waals surface area contributed by atoms with Crippen molar-refractivity contribution in [1.29, 1.82) is 0 Å². The summed E-state index contributed by atoms with van der Waals surface area (Å²) in [5.74, 6) is 2.16. The highest BCUT2D eigenvalue weighted by atomic mass is 32.2. The molecule has 0 aromatic carbocycles. The van der Waals surface area contributed by atoms with Crippen molar-refractivity contribution in [3.8, 4) is 0 Å². The summed E-state index contributed by atoms with van der Waals surface area (Å²) in [5, 5.41) is 6.48. The fraction of sp³-hybridized carbons (Fsp3) is 0.750. The second kappa shape index (κ2) is 11.7. The number of methoxy groups -OCH3 is 1. The van der Waals surface area contributed by atoms with E-state index in [-0.39, 0.29) is 6.10 Å². The Morgan fingerprint density at radius 2 is 2.30 bits per heavy atom. The average molecular weight is 359 g/mol. The Morgan fingerprint density at radius 3 is 2.96 bits per heavy atom. The smallest absolute Gasteiger partial charge is 0.194 e. The van der Waals surface area contributed by atoms with Crippen LogP contribution in [0.2, 0.25) is 0 Å². The van der Waals surface area contributed by atoms with Crippen molar-refractivity contribution in [3.63, 3.8) is 0 Å². The normalized spacial score (nSPS) is 13.2. The van der Waals surface area contributed by atoms with Crippen molar-refractivity contribution in [2.45, 2.75) is 39.3 Å². The van der Waals surface area contributed by atoms with Crippen LogP contribution in [0.15, 0.2) is 10.4 Å². The quantitative estimate of drug-likeness (QED) is 0.395. The van der Waals surface area contributed by atoms with Gasteiger partial charge in [-0.3, -0.25) is 4.99 Å². The van der Waals surface area contributed by atoms with Gasteiger partial charge < -0.3 is 15.0 Å². The predicted molar refractivity (Wildman–Crippen MR) is 103 cm³/mol. The molecule has 0 aliphatic heterocycles. The Kier molecular flexibility index (Phi) is 10.3. The monoisotopic (exact) mass is 358 g/mol.